The number of nitrogens with zero attached hydrogens (tertiary/aromatic N) is 2. The Kier molecular flexibility index (Phi) is 3.99. The van der Waals surface area contributed by atoms with Crippen LogP contribution in [-0.4, -0.2) is 39.0 Å². The number of carboxylic acid groups (broad SMARTS) is 1. The number of benzene rings is 1. The summed E-state index contributed by atoms with van der Waals surface area (Å²) >= 11 is 0. The van der Waals surface area contributed by atoms with Gasteiger partial charge in [0, 0.05) is 41.8 Å². The topological polar surface area (TPSA) is 62.5 Å². The van der Waals surface area contributed by atoms with Crippen LogP contribution < -0.4 is 0 Å². The van der Waals surface area contributed by atoms with Gasteiger partial charge in [0.1, 0.15) is 0 Å². The molecule has 1 amide bonds. The van der Waals surface area contributed by atoms with Gasteiger partial charge in [0.25, 0.3) is 5.91 Å². The average Bonchev–Trinajstić information content (AvgIpc) is 2.94. The minimum atomic E-state index is -0.797. The first-order valence-corrected chi connectivity index (χ1v) is 10.2. The number of carboxylic acids is 1. The van der Waals surface area contributed by atoms with E-state index in [0.717, 1.165) is 34.8 Å². The van der Waals surface area contributed by atoms with Gasteiger partial charge in [0.2, 0.25) is 0 Å². The van der Waals surface area contributed by atoms with Crippen molar-refractivity contribution in [3.05, 3.63) is 36.0 Å². The van der Waals surface area contributed by atoms with Crippen molar-refractivity contribution in [3.8, 4) is 0 Å². The molecule has 0 spiro atoms. The smallest absolute Gasteiger partial charge is 0.305 e. The van der Waals surface area contributed by atoms with Crippen molar-refractivity contribution in [2.24, 2.45) is 17.8 Å². The van der Waals surface area contributed by atoms with Crippen molar-refractivity contribution in [2.75, 3.05) is 6.54 Å². The van der Waals surface area contributed by atoms with E-state index in [1.807, 2.05) is 35.0 Å². The van der Waals surface area contributed by atoms with Crippen LogP contribution in [0.3, 0.4) is 0 Å². The molecule has 27 heavy (non-hydrogen) atoms. The Balaban J connectivity index is 1.40. The molecule has 2 aliphatic carbocycles. The van der Waals surface area contributed by atoms with Gasteiger partial charge < -0.3 is 14.6 Å². The molecule has 4 fully saturated rings. The lowest BCUT2D eigenvalue weighted by Crippen LogP contribution is -2.42. The van der Waals surface area contributed by atoms with E-state index in [1.54, 1.807) is 0 Å². The zero-order valence-electron chi connectivity index (χ0n) is 15.5. The predicted molar refractivity (Wildman–Crippen MR) is 103 cm³/mol. The van der Waals surface area contributed by atoms with Gasteiger partial charge in [-0.3, -0.25) is 9.59 Å². The Morgan fingerprint density at radius 1 is 1.00 bits per heavy atom. The minimum absolute atomic E-state index is 0.101. The van der Waals surface area contributed by atoms with Crippen molar-refractivity contribution in [1.82, 2.24) is 9.47 Å². The lowest BCUT2D eigenvalue weighted by atomic mass is 9.68. The largest absolute Gasteiger partial charge is 0.481 e. The van der Waals surface area contributed by atoms with Gasteiger partial charge in [-0.1, -0.05) is 0 Å². The van der Waals surface area contributed by atoms with Crippen LogP contribution in [0.5, 0.6) is 0 Å². The fourth-order valence-corrected chi connectivity index (χ4v) is 5.94. The maximum absolute atomic E-state index is 13.3. The molecule has 1 aromatic heterocycles. The second-order valence-corrected chi connectivity index (χ2v) is 8.81. The van der Waals surface area contributed by atoms with Crippen LogP contribution in [0.15, 0.2) is 30.5 Å². The average molecular weight is 366 g/mol. The number of carbonyl (C=O) groups excluding carboxylic acids is 1. The molecule has 6 rings (SSSR count). The Morgan fingerprint density at radius 2 is 1.74 bits per heavy atom. The van der Waals surface area contributed by atoms with Crippen LogP contribution in [0.2, 0.25) is 0 Å². The number of aromatic nitrogens is 1. The molecule has 1 N–H and O–H groups in total. The molecular weight excluding hydrogens is 340 g/mol. The zero-order chi connectivity index (χ0) is 18.5. The maximum atomic E-state index is 13.3. The van der Waals surface area contributed by atoms with Crippen molar-refractivity contribution >= 4 is 22.8 Å². The predicted octanol–water partition coefficient (Wildman–Crippen LogP) is 3.77. The molecule has 5 nitrogen and oxygen atoms in total. The second kappa shape index (κ2) is 6.39. The first kappa shape index (κ1) is 16.8. The highest BCUT2D eigenvalue weighted by Crippen LogP contribution is 2.47. The van der Waals surface area contributed by atoms with Crippen molar-refractivity contribution in [1.29, 1.82) is 0 Å². The van der Waals surface area contributed by atoms with Gasteiger partial charge in [0.05, 0.1) is 6.42 Å². The summed E-state index contributed by atoms with van der Waals surface area (Å²) in [5.74, 6) is 1.72. The SMILES string of the molecule is O=C(O)CCn1ccc2cc(C(=O)N3CC4CC5CC(C4)CC3C5)ccc21. The van der Waals surface area contributed by atoms with Gasteiger partial charge >= 0.3 is 5.97 Å². The Hall–Kier alpha value is -2.30. The molecule has 2 saturated heterocycles. The van der Waals surface area contributed by atoms with Crippen LogP contribution in [0.4, 0.5) is 0 Å². The van der Waals surface area contributed by atoms with Gasteiger partial charge in [-0.15, -0.1) is 0 Å². The fourth-order valence-electron chi connectivity index (χ4n) is 5.94. The first-order valence-electron chi connectivity index (χ1n) is 10.2. The third kappa shape index (κ3) is 3.03. The third-order valence-corrected chi connectivity index (χ3v) is 6.95. The highest BCUT2D eigenvalue weighted by molar-refractivity contribution is 5.98. The van der Waals surface area contributed by atoms with Crippen LogP contribution in [0, 0.1) is 17.8 Å². The number of aryl methyl sites for hydroxylation is 1. The molecule has 2 unspecified atom stereocenters. The molecule has 3 heterocycles. The fraction of sp³-hybridized carbons (Fsp3) is 0.545. The molecule has 4 aliphatic rings. The molecule has 5 heteroatoms. The molecular formula is C22H26N2O3. The summed E-state index contributed by atoms with van der Waals surface area (Å²) in [6, 6.07) is 8.25. The van der Waals surface area contributed by atoms with E-state index in [-0.39, 0.29) is 12.3 Å². The summed E-state index contributed by atoms with van der Waals surface area (Å²) in [4.78, 5) is 26.3. The summed E-state index contributed by atoms with van der Waals surface area (Å²) in [6.07, 6.45) is 8.38. The second-order valence-electron chi connectivity index (χ2n) is 8.81. The number of carbonyl (C=O) groups is 2. The number of aliphatic carboxylic acids is 1. The molecule has 0 radical (unpaired) electrons. The van der Waals surface area contributed by atoms with E-state index in [1.165, 1.54) is 32.1 Å². The van der Waals surface area contributed by atoms with Crippen LogP contribution in [0.1, 0.15) is 48.9 Å². The molecule has 1 aromatic carbocycles. The van der Waals surface area contributed by atoms with E-state index in [0.29, 0.717) is 18.5 Å². The molecule has 2 atom stereocenters. The summed E-state index contributed by atoms with van der Waals surface area (Å²) in [6.45, 7) is 1.37. The maximum Gasteiger partial charge on any atom is 0.305 e. The molecule has 2 saturated carbocycles. The first-order chi connectivity index (χ1) is 13.1. The summed E-state index contributed by atoms with van der Waals surface area (Å²) in [7, 11) is 0. The molecule has 2 aliphatic heterocycles. The van der Waals surface area contributed by atoms with Gasteiger partial charge in [-0.2, -0.15) is 0 Å². The molecule has 142 valence electrons. The van der Waals surface area contributed by atoms with E-state index in [2.05, 4.69) is 4.90 Å². The van der Waals surface area contributed by atoms with E-state index < -0.39 is 5.97 Å². The van der Waals surface area contributed by atoms with Crippen molar-refractivity contribution in [3.63, 3.8) is 0 Å². The summed E-state index contributed by atoms with van der Waals surface area (Å²) < 4.78 is 1.95. The van der Waals surface area contributed by atoms with Crippen molar-refractivity contribution < 1.29 is 14.7 Å². The number of amides is 1. The number of hydrogen-bond acceptors (Lipinski definition) is 2. The zero-order valence-corrected chi connectivity index (χ0v) is 15.5. The lowest BCUT2D eigenvalue weighted by Gasteiger charge is -2.39. The minimum Gasteiger partial charge on any atom is -0.481 e. The summed E-state index contributed by atoms with van der Waals surface area (Å²) in [5.41, 5.74) is 1.75. The van der Waals surface area contributed by atoms with Gasteiger partial charge in [-0.25, -0.2) is 0 Å². The third-order valence-electron chi connectivity index (χ3n) is 6.95. The van der Waals surface area contributed by atoms with E-state index in [9.17, 15) is 9.59 Å². The number of hydrogen-bond donors (Lipinski definition) is 1. The molecule has 2 aromatic rings. The Bertz CT molecular complexity index is 888. The van der Waals surface area contributed by atoms with Gasteiger partial charge in [0.15, 0.2) is 0 Å². The van der Waals surface area contributed by atoms with E-state index >= 15 is 0 Å². The quantitative estimate of drug-likeness (QED) is 0.896. The number of fused-ring (bicyclic) bond motifs is 2. The van der Waals surface area contributed by atoms with E-state index in [4.69, 9.17) is 5.11 Å². The highest BCUT2D eigenvalue weighted by atomic mass is 16.4. The van der Waals surface area contributed by atoms with Crippen molar-refractivity contribution in [2.45, 2.75) is 51.1 Å². The normalized spacial score (nSPS) is 29.3. The van der Waals surface area contributed by atoms with Gasteiger partial charge in [-0.05, 0) is 74.1 Å². The Labute approximate surface area is 159 Å². The lowest BCUT2D eigenvalue weighted by molar-refractivity contribution is -0.137. The number of rotatable bonds is 4. The van der Waals surface area contributed by atoms with Crippen LogP contribution >= 0.6 is 0 Å². The monoisotopic (exact) mass is 366 g/mol. The molecule has 4 bridgehead atoms. The van der Waals surface area contributed by atoms with Crippen LogP contribution in [-0.2, 0) is 11.3 Å². The highest BCUT2D eigenvalue weighted by Gasteiger charge is 2.44. The standard InChI is InChI=1S/C22H26N2O3/c25-21(26)4-6-23-5-3-17-12-18(1-2-20(17)23)22(27)24-13-16-8-14-7-15(9-16)11-19(24)10-14/h1-3,5,12,14-16,19H,4,6-11,13H2,(H,25,26). The summed E-state index contributed by atoms with van der Waals surface area (Å²) in [5, 5.41) is 9.91. The Morgan fingerprint density at radius 3 is 2.48 bits per heavy atom. The van der Waals surface area contributed by atoms with Crippen LogP contribution in [0.25, 0.3) is 10.9 Å².